The molecule has 1 N–H and O–H groups in total. The summed E-state index contributed by atoms with van der Waals surface area (Å²) in [6.45, 7) is 0. The number of hydrogen-bond donors (Lipinski definition) is 1. The van der Waals surface area contributed by atoms with Gasteiger partial charge in [0.25, 0.3) is 5.91 Å². The molecule has 2 aromatic rings. The van der Waals surface area contributed by atoms with Crippen LogP contribution in [-0.2, 0) is 0 Å². The third kappa shape index (κ3) is 2.54. The average Bonchev–Trinajstić information content (AvgIpc) is 3.09. The van der Waals surface area contributed by atoms with Gasteiger partial charge >= 0.3 is 0 Å². The molecule has 3 rings (SSSR count). The first kappa shape index (κ1) is 12.8. The van der Waals surface area contributed by atoms with Gasteiger partial charge in [0.15, 0.2) is 0 Å². The average molecular weight is 274 g/mol. The van der Waals surface area contributed by atoms with Crippen LogP contribution in [0.4, 0.5) is 4.39 Å². The topological polar surface area (TPSA) is 59.8 Å². The monoisotopic (exact) mass is 274 g/mol. The van der Waals surface area contributed by atoms with E-state index in [4.69, 9.17) is 0 Å². The van der Waals surface area contributed by atoms with E-state index < -0.39 is 5.95 Å². The number of carbonyl (C=O) groups is 1. The fourth-order valence-corrected chi connectivity index (χ4v) is 2.69. The molecule has 0 radical (unpaired) electrons. The fourth-order valence-electron chi connectivity index (χ4n) is 2.69. The number of aromatic nitrogens is 3. The summed E-state index contributed by atoms with van der Waals surface area (Å²) >= 11 is 0. The third-order valence-corrected chi connectivity index (χ3v) is 3.69. The first-order chi connectivity index (χ1) is 9.74. The summed E-state index contributed by atoms with van der Waals surface area (Å²) in [5, 5.41) is 3.00. The quantitative estimate of drug-likeness (QED) is 0.870. The molecule has 5 nitrogen and oxygen atoms in total. The van der Waals surface area contributed by atoms with E-state index in [1.807, 2.05) is 10.8 Å². The number of carbonyl (C=O) groups excluding carboxylic acids is 1. The Bertz CT molecular complexity index is 582. The number of amides is 1. The van der Waals surface area contributed by atoms with Crippen molar-refractivity contribution in [1.29, 1.82) is 0 Å². The molecule has 1 saturated carbocycles. The lowest BCUT2D eigenvalue weighted by Gasteiger charge is -2.22. The summed E-state index contributed by atoms with van der Waals surface area (Å²) in [6, 6.07) is 2.94. The second-order valence-electron chi connectivity index (χ2n) is 4.96. The van der Waals surface area contributed by atoms with Gasteiger partial charge in [-0.3, -0.25) is 4.79 Å². The van der Waals surface area contributed by atoms with Crippen molar-refractivity contribution in [1.82, 2.24) is 19.9 Å². The Morgan fingerprint density at radius 1 is 1.40 bits per heavy atom. The molecule has 2 unspecified atom stereocenters. The number of hydrogen-bond acceptors (Lipinski definition) is 3. The lowest BCUT2D eigenvalue weighted by Crippen LogP contribution is -2.38. The van der Waals surface area contributed by atoms with E-state index in [1.54, 1.807) is 12.5 Å². The van der Waals surface area contributed by atoms with Crippen LogP contribution in [0.2, 0.25) is 0 Å². The molecule has 0 bridgehead atoms. The van der Waals surface area contributed by atoms with Crippen LogP contribution >= 0.6 is 0 Å². The zero-order valence-corrected chi connectivity index (χ0v) is 10.9. The van der Waals surface area contributed by atoms with Gasteiger partial charge in [-0.25, -0.2) is 9.97 Å². The minimum absolute atomic E-state index is 0.0711. The van der Waals surface area contributed by atoms with Crippen LogP contribution < -0.4 is 5.32 Å². The van der Waals surface area contributed by atoms with Gasteiger partial charge in [0.1, 0.15) is 0 Å². The fraction of sp³-hybridized carbons (Fsp3) is 0.357. The van der Waals surface area contributed by atoms with Crippen molar-refractivity contribution in [3.8, 4) is 0 Å². The Balaban J connectivity index is 1.70. The van der Waals surface area contributed by atoms with Crippen molar-refractivity contribution >= 4 is 5.91 Å². The Morgan fingerprint density at radius 3 is 3.00 bits per heavy atom. The highest BCUT2D eigenvalue weighted by Crippen LogP contribution is 2.30. The standard InChI is InChI=1S/C14H15FN4O/c15-13-5-4-10(8-17-13)14(20)18-11-2-1-3-12(11)19-7-6-16-9-19/h4-9,11-12H,1-3H2,(H,18,20). The van der Waals surface area contributed by atoms with Crippen molar-refractivity contribution < 1.29 is 9.18 Å². The summed E-state index contributed by atoms with van der Waals surface area (Å²) in [7, 11) is 0. The number of rotatable bonds is 3. The zero-order valence-electron chi connectivity index (χ0n) is 10.9. The van der Waals surface area contributed by atoms with Crippen molar-refractivity contribution in [3.05, 3.63) is 48.6 Å². The SMILES string of the molecule is O=C(NC1CCCC1n1ccnc1)c1ccc(F)nc1. The first-order valence-electron chi connectivity index (χ1n) is 6.64. The van der Waals surface area contributed by atoms with Crippen molar-refractivity contribution in [2.45, 2.75) is 31.3 Å². The number of nitrogens with one attached hydrogen (secondary N) is 1. The van der Waals surface area contributed by atoms with E-state index in [0.717, 1.165) is 19.3 Å². The molecule has 0 aromatic carbocycles. The molecular formula is C14H15FN4O. The molecule has 104 valence electrons. The molecule has 2 aromatic heterocycles. The highest BCUT2D eigenvalue weighted by Gasteiger charge is 2.29. The molecule has 20 heavy (non-hydrogen) atoms. The lowest BCUT2D eigenvalue weighted by atomic mass is 10.1. The van der Waals surface area contributed by atoms with Gasteiger partial charge in [-0.2, -0.15) is 4.39 Å². The van der Waals surface area contributed by atoms with Gasteiger partial charge in [-0.1, -0.05) is 0 Å². The van der Waals surface area contributed by atoms with Crippen LogP contribution in [0, 0.1) is 5.95 Å². The van der Waals surface area contributed by atoms with Crippen molar-refractivity contribution in [2.24, 2.45) is 0 Å². The summed E-state index contributed by atoms with van der Waals surface area (Å²) < 4.78 is 14.8. The second-order valence-corrected chi connectivity index (χ2v) is 4.96. The Labute approximate surface area is 115 Å². The van der Waals surface area contributed by atoms with E-state index in [1.165, 1.54) is 18.3 Å². The molecule has 2 atom stereocenters. The number of halogens is 1. The molecule has 1 aliphatic rings. The predicted molar refractivity (Wildman–Crippen MR) is 70.6 cm³/mol. The summed E-state index contributed by atoms with van der Waals surface area (Å²) in [5.41, 5.74) is 0.377. The number of nitrogens with zero attached hydrogens (tertiary/aromatic N) is 3. The molecule has 0 spiro atoms. The molecule has 6 heteroatoms. The van der Waals surface area contributed by atoms with Gasteiger partial charge in [-0.15, -0.1) is 0 Å². The van der Waals surface area contributed by atoms with E-state index in [-0.39, 0.29) is 18.0 Å². The number of pyridine rings is 1. The number of imidazole rings is 1. The molecule has 2 heterocycles. The molecular weight excluding hydrogens is 259 g/mol. The largest absolute Gasteiger partial charge is 0.347 e. The van der Waals surface area contributed by atoms with E-state index in [2.05, 4.69) is 15.3 Å². The smallest absolute Gasteiger partial charge is 0.253 e. The predicted octanol–water partition coefficient (Wildman–Crippen LogP) is 1.94. The minimum Gasteiger partial charge on any atom is -0.347 e. The van der Waals surface area contributed by atoms with Gasteiger partial charge in [0.05, 0.1) is 17.9 Å². The van der Waals surface area contributed by atoms with Gasteiger partial charge in [-0.05, 0) is 31.4 Å². The van der Waals surface area contributed by atoms with E-state index in [0.29, 0.717) is 5.56 Å². The second kappa shape index (κ2) is 5.40. The maximum absolute atomic E-state index is 12.7. The van der Waals surface area contributed by atoms with Crippen LogP contribution in [0.1, 0.15) is 35.7 Å². The Hall–Kier alpha value is -2.24. The van der Waals surface area contributed by atoms with Gasteiger partial charge < -0.3 is 9.88 Å². The summed E-state index contributed by atoms with van der Waals surface area (Å²) in [5.74, 6) is -0.798. The maximum Gasteiger partial charge on any atom is 0.253 e. The van der Waals surface area contributed by atoms with Crippen LogP contribution in [0.15, 0.2) is 37.1 Å². The first-order valence-corrected chi connectivity index (χ1v) is 6.64. The van der Waals surface area contributed by atoms with Crippen LogP contribution in [0.25, 0.3) is 0 Å². The molecule has 0 saturated heterocycles. The highest BCUT2D eigenvalue weighted by atomic mass is 19.1. The maximum atomic E-state index is 12.7. The van der Waals surface area contributed by atoms with Crippen LogP contribution in [-0.4, -0.2) is 26.5 Å². The zero-order chi connectivity index (χ0) is 13.9. The summed E-state index contributed by atoms with van der Waals surface area (Å²) in [4.78, 5) is 19.7. The van der Waals surface area contributed by atoms with Crippen molar-refractivity contribution in [2.75, 3.05) is 0 Å². The van der Waals surface area contributed by atoms with Gasteiger partial charge in [0.2, 0.25) is 5.95 Å². The van der Waals surface area contributed by atoms with Crippen molar-refractivity contribution in [3.63, 3.8) is 0 Å². The molecule has 1 amide bonds. The minimum atomic E-state index is -0.585. The van der Waals surface area contributed by atoms with E-state index >= 15 is 0 Å². The Kier molecular flexibility index (Phi) is 3.45. The molecule has 0 aliphatic heterocycles. The third-order valence-electron chi connectivity index (χ3n) is 3.69. The lowest BCUT2D eigenvalue weighted by molar-refractivity contribution is 0.0928. The molecule has 1 aliphatic carbocycles. The van der Waals surface area contributed by atoms with E-state index in [9.17, 15) is 9.18 Å². The highest BCUT2D eigenvalue weighted by molar-refractivity contribution is 5.94. The van der Waals surface area contributed by atoms with Crippen LogP contribution in [0.3, 0.4) is 0 Å². The van der Waals surface area contributed by atoms with Gasteiger partial charge in [0, 0.05) is 24.6 Å². The normalized spacial score (nSPS) is 21.9. The van der Waals surface area contributed by atoms with Crippen LogP contribution in [0.5, 0.6) is 0 Å². The molecule has 1 fully saturated rings. The Morgan fingerprint density at radius 2 is 2.30 bits per heavy atom. The summed E-state index contributed by atoms with van der Waals surface area (Å²) in [6.07, 6.45) is 9.69.